The van der Waals surface area contributed by atoms with Crippen LogP contribution in [-0.2, 0) is 14.3 Å². The van der Waals surface area contributed by atoms with Crippen LogP contribution < -0.4 is 5.09 Å². The van der Waals surface area contributed by atoms with Gasteiger partial charge in [0.15, 0.2) is 0 Å². The van der Waals surface area contributed by atoms with Crippen molar-refractivity contribution in [2.45, 2.75) is 22.1 Å². The number of halogens is 3. The van der Waals surface area contributed by atoms with Crippen molar-refractivity contribution in [3.63, 3.8) is 0 Å². The molecule has 0 radical (unpaired) electrons. The number of amides is 1. The van der Waals surface area contributed by atoms with E-state index in [9.17, 15) is 9.59 Å². The Labute approximate surface area is 149 Å². The first-order chi connectivity index (χ1) is 10.1. The summed E-state index contributed by atoms with van der Waals surface area (Å²) in [4.78, 5) is 26.1. The molecule has 2 aliphatic heterocycles. The van der Waals surface area contributed by atoms with Gasteiger partial charge in [-0.3, -0.25) is 0 Å². The number of ether oxygens (including phenoxy) is 1. The van der Waals surface area contributed by atoms with Gasteiger partial charge in [0.25, 0.3) is 0 Å². The van der Waals surface area contributed by atoms with E-state index in [4.69, 9.17) is 39.5 Å². The van der Waals surface area contributed by atoms with Gasteiger partial charge in [0.2, 0.25) is 0 Å². The van der Waals surface area contributed by atoms with E-state index < -0.39 is 17.8 Å². The zero-order valence-corrected chi connectivity index (χ0v) is 16.6. The number of nitrogens with zero attached hydrogens (tertiary/aromatic N) is 1. The molecule has 1 fully saturated rings. The molecule has 0 aliphatic carbocycles. The van der Waals surface area contributed by atoms with Crippen LogP contribution in [0.25, 0.3) is 0 Å². The van der Waals surface area contributed by atoms with Gasteiger partial charge < -0.3 is 0 Å². The number of rotatable bonds is 4. The standard InChI is InChI=1S/C12H18Cl3N2O3PS/c1-6-4-22-10-7(16-21(2)3)9(18)17(10)8(6)11(19)20-5-12(13,14)15/h7,10,16H,4-5,21H2,1-3H3/t7-,10+/m1/s1. The van der Waals surface area contributed by atoms with Gasteiger partial charge in [0, 0.05) is 0 Å². The Morgan fingerprint density at radius 3 is 2.68 bits per heavy atom. The van der Waals surface area contributed by atoms with Gasteiger partial charge in [-0.15, -0.1) is 0 Å². The van der Waals surface area contributed by atoms with E-state index >= 15 is 0 Å². The Balaban J connectivity index is 2.11. The molecule has 1 N–H and O–H groups in total. The van der Waals surface area contributed by atoms with Crippen molar-refractivity contribution >= 4 is 66.5 Å². The molecular weight excluding hydrogens is 390 g/mol. The summed E-state index contributed by atoms with van der Waals surface area (Å²) >= 11 is 18.4. The molecule has 0 bridgehead atoms. The zero-order chi connectivity index (χ0) is 16.7. The van der Waals surface area contributed by atoms with E-state index in [1.165, 1.54) is 4.90 Å². The van der Waals surface area contributed by atoms with Crippen molar-refractivity contribution in [2.75, 3.05) is 25.7 Å². The van der Waals surface area contributed by atoms with Crippen LogP contribution in [-0.4, -0.2) is 57.7 Å². The molecule has 0 aromatic heterocycles. The second-order valence-electron chi connectivity index (χ2n) is 5.53. The first-order valence-corrected chi connectivity index (χ1v) is 11.8. The average molecular weight is 408 g/mol. The van der Waals surface area contributed by atoms with E-state index in [-0.39, 0.29) is 29.6 Å². The third-order valence-electron chi connectivity index (χ3n) is 3.23. The van der Waals surface area contributed by atoms with E-state index in [0.717, 1.165) is 5.57 Å². The van der Waals surface area contributed by atoms with Crippen molar-refractivity contribution in [3.05, 3.63) is 11.3 Å². The fourth-order valence-corrected chi connectivity index (χ4v) is 5.01. The van der Waals surface area contributed by atoms with Crippen molar-refractivity contribution in [3.8, 4) is 0 Å². The summed E-state index contributed by atoms with van der Waals surface area (Å²) in [6.45, 7) is 5.68. The van der Waals surface area contributed by atoms with E-state index in [0.29, 0.717) is 5.75 Å². The molecule has 22 heavy (non-hydrogen) atoms. The number of hydrogen-bond acceptors (Lipinski definition) is 5. The molecule has 0 spiro atoms. The topological polar surface area (TPSA) is 58.6 Å². The molecule has 1 saturated heterocycles. The summed E-state index contributed by atoms with van der Waals surface area (Å²) in [5, 5.41) is 3.28. The van der Waals surface area contributed by atoms with Gasteiger partial charge in [-0.25, -0.2) is 0 Å². The first-order valence-electron chi connectivity index (χ1n) is 6.76. The van der Waals surface area contributed by atoms with E-state index in [1.807, 2.05) is 0 Å². The molecule has 2 rings (SSSR count). The van der Waals surface area contributed by atoms with Crippen LogP contribution in [0.4, 0.5) is 0 Å². The van der Waals surface area contributed by atoms with Crippen LogP contribution in [0.1, 0.15) is 6.92 Å². The number of β-lactam (4-membered cyclic amide) rings is 1. The summed E-state index contributed by atoms with van der Waals surface area (Å²) in [7, 11) is -1.09. The van der Waals surface area contributed by atoms with Crippen molar-refractivity contribution in [1.29, 1.82) is 0 Å². The quantitative estimate of drug-likeness (QED) is 0.335. The van der Waals surface area contributed by atoms with Gasteiger partial charge >= 0.3 is 150 Å². The maximum absolute atomic E-state index is 12.3. The van der Waals surface area contributed by atoms with Crippen LogP contribution in [0.5, 0.6) is 0 Å². The van der Waals surface area contributed by atoms with Crippen molar-refractivity contribution in [2.24, 2.45) is 0 Å². The van der Waals surface area contributed by atoms with Gasteiger partial charge in [-0.2, -0.15) is 0 Å². The molecule has 1 amide bonds. The number of nitrogens with one attached hydrogen (secondary N) is 1. The van der Waals surface area contributed by atoms with Crippen molar-refractivity contribution in [1.82, 2.24) is 9.99 Å². The van der Waals surface area contributed by atoms with Crippen LogP contribution in [0.2, 0.25) is 0 Å². The molecule has 10 heteroatoms. The van der Waals surface area contributed by atoms with Crippen LogP contribution in [0.15, 0.2) is 11.3 Å². The van der Waals surface area contributed by atoms with E-state index in [1.54, 1.807) is 18.7 Å². The van der Waals surface area contributed by atoms with E-state index in [2.05, 4.69) is 18.4 Å². The first kappa shape index (κ1) is 18.6. The number of fused-ring (bicyclic) bond motifs is 1. The van der Waals surface area contributed by atoms with Crippen LogP contribution in [0.3, 0.4) is 0 Å². The minimum atomic E-state index is -1.67. The number of hydrogen-bond donors (Lipinski definition) is 1. The van der Waals surface area contributed by atoms with Crippen LogP contribution in [0, 0.1) is 0 Å². The Kier molecular flexibility index (Phi) is 5.96. The van der Waals surface area contributed by atoms with Gasteiger partial charge in [0.05, 0.1) is 0 Å². The monoisotopic (exact) mass is 406 g/mol. The predicted octanol–water partition coefficient (Wildman–Crippen LogP) is 2.17. The Morgan fingerprint density at radius 1 is 1.50 bits per heavy atom. The molecule has 0 unspecified atom stereocenters. The Bertz CT molecular complexity index is 524. The number of carbonyl (C=O) groups excluding carboxylic acids is 2. The van der Waals surface area contributed by atoms with Gasteiger partial charge in [-0.05, 0) is 0 Å². The molecule has 2 heterocycles. The molecule has 0 aromatic carbocycles. The summed E-state index contributed by atoms with van der Waals surface area (Å²) < 4.78 is 3.36. The fourth-order valence-electron chi connectivity index (χ4n) is 2.36. The Morgan fingerprint density at radius 2 is 2.14 bits per heavy atom. The third kappa shape index (κ3) is 4.03. The molecule has 5 nitrogen and oxygen atoms in total. The molecule has 2 aliphatic rings. The average Bonchev–Trinajstić information content (AvgIpc) is 2.41. The number of esters is 1. The van der Waals surface area contributed by atoms with Crippen LogP contribution >= 0.6 is 54.6 Å². The molecule has 2 atom stereocenters. The zero-order valence-electron chi connectivity index (χ0n) is 12.4. The number of thioether (sulfide) groups is 1. The number of carbonyl (C=O) groups is 2. The predicted molar refractivity (Wildman–Crippen MR) is 95.5 cm³/mol. The SMILES string of the molecule is CC1=C(C(=O)OCC(Cl)(Cl)Cl)N2C(=O)[C@@H](N[PH2](C)C)[C@@H]2SC1. The normalized spacial score (nSPS) is 25.6. The summed E-state index contributed by atoms with van der Waals surface area (Å²) in [6, 6.07) is -0.222. The van der Waals surface area contributed by atoms with Gasteiger partial charge in [-0.1, -0.05) is 0 Å². The number of alkyl halides is 3. The summed E-state index contributed by atoms with van der Waals surface area (Å²) in [5.74, 6) is -0.0499. The second-order valence-corrected chi connectivity index (χ2v) is 11.8. The third-order valence-corrected chi connectivity index (χ3v) is 6.01. The Hall–Kier alpha value is 0.290. The minimum absolute atomic E-state index is 0.0681. The molecule has 126 valence electrons. The second kappa shape index (κ2) is 7.04. The molecule has 0 saturated carbocycles. The van der Waals surface area contributed by atoms with Crippen molar-refractivity contribution < 1.29 is 14.3 Å². The summed E-state index contributed by atoms with van der Waals surface area (Å²) in [6.07, 6.45) is 0. The van der Waals surface area contributed by atoms with Gasteiger partial charge in [0.1, 0.15) is 0 Å². The fraction of sp³-hybridized carbons (Fsp3) is 0.667. The maximum atomic E-state index is 12.3. The summed E-state index contributed by atoms with van der Waals surface area (Å²) in [5.41, 5.74) is 1.08. The molecular formula is C12H18Cl3N2O3PS. The molecule has 0 aromatic rings.